The first kappa shape index (κ1) is 29.0. The molecule has 44 heavy (non-hydrogen) atoms. The van der Waals surface area contributed by atoms with Gasteiger partial charge in [0.05, 0.1) is 11.6 Å². The monoisotopic (exact) mass is 584 g/mol. The Labute approximate surface area is 262 Å². The van der Waals surface area contributed by atoms with Crippen LogP contribution in [0.4, 0.5) is 0 Å². The highest BCUT2D eigenvalue weighted by molar-refractivity contribution is 6.02. The number of likely N-dealkylation sites (tertiary alicyclic amines) is 2. The van der Waals surface area contributed by atoms with Gasteiger partial charge in [0.15, 0.2) is 5.78 Å². The summed E-state index contributed by atoms with van der Waals surface area (Å²) >= 11 is 0. The second-order valence-corrected chi connectivity index (χ2v) is 13.5. The summed E-state index contributed by atoms with van der Waals surface area (Å²) in [5, 5.41) is 10.3. The Morgan fingerprint density at radius 1 is 0.818 bits per heavy atom. The minimum atomic E-state index is 0.179. The number of nitriles is 1. The lowest BCUT2D eigenvalue weighted by atomic mass is 9.85. The van der Waals surface area contributed by atoms with Gasteiger partial charge in [0.1, 0.15) is 0 Å². The van der Waals surface area contributed by atoms with E-state index in [1.807, 2.05) is 12.1 Å². The van der Waals surface area contributed by atoms with Crippen LogP contribution in [0.25, 0.3) is 10.9 Å². The first-order valence-corrected chi connectivity index (χ1v) is 16.8. The molecule has 1 aromatic heterocycles. The van der Waals surface area contributed by atoms with Crippen molar-refractivity contribution >= 4 is 16.7 Å². The van der Waals surface area contributed by atoms with Gasteiger partial charge < -0.3 is 9.47 Å². The van der Waals surface area contributed by atoms with Gasteiger partial charge in [0, 0.05) is 41.7 Å². The van der Waals surface area contributed by atoms with Crippen LogP contribution in [0, 0.1) is 23.2 Å². The Hall–Kier alpha value is -3.72. The molecule has 1 unspecified atom stereocenters. The van der Waals surface area contributed by atoms with Gasteiger partial charge in [-0.15, -0.1) is 0 Å². The van der Waals surface area contributed by atoms with E-state index in [1.165, 1.54) is 47.9 Å². The number of hydrogen-bond donors (Lipinski definition) is 0. The lowest BCUT2D eigenvalue weighted by Gasteiger charge is -2.33. The number of piperidine rings is 2. The third-order valence-corrected chi connectivity index (χ3v) is 10.6. The van der Waals surface area contributed by atoms with Crippen LogP contribution in [-0.2, 0) is 19.5 Å². The fourth-order valence-corrected chi connectivity index (χ4v) is 8.09. The Bertz CT molecular complexity index is 1630. The minimum Gasteiger partial charge on any atom is -0.347 e. The van der Waals surface area contributed by atoms with Crippen molar-refractivity contribution < 1.29 is 4.79 Å². The zero-order chi connectivity index (χ0) is 29.9. The van der Waals surface area contributed by atoms with Gasteiger partial charge in [-0.25, -0.2) is 0 Å². The quantitative estimate of drug-likeness (QED) is 0.205. The second-order valence-electron chi connectivity index (χ2n) is 13.5. The summed E-state index contributed by atoms with van der Waals surface area (Å²) in [4.78, 5) is 18.6. The standard InChI is InChI=1S/C39H44N4O/c40-27-31-7-10-38-34(24-31)15-22-43(38)17-4-16-41-20-13-32(14-21-41)33-8-9-37-35(25-33)26-36(39(37)44)23-29-11-18-42(19-12-29)28-30-5-2-1-3-6-30/h1-3,5-10,15,22,24-25,29,32,36H,4,11-14,16-21,23,26,28H2. The summed E-state index contributed by atoms with van der Waals surface area (Å²) in [6.45, 7) is 7.73. The van der Waals surface area contributed by atoms with E-state index in [-0.39, 0.29) is 5.92 Å². The van der Waals surface area contributed by atoms with Crippen molar-refractivity contribution in [1.29, 1.82) is 5.26 Å². The molecule has 0 spiro atoms. The molecule has 1 aliphatic carbocycles. The fraction of sp³-hybridized carbons (Fsp3) is 0.436. The maximum absolute atomic E-state index is 13.4. The van der Waals surface area contributed by atoms with Crippen LogP contribution < -0.4 is 0 Å². The first-order valence-electron chi connectivity index (χ1n) is 16.8. The van der Waals surface area contributed by atoms with E-state index in [4.69, 9.17) is 5.26 Å². The van der Waals surface area contributed by atoms with Crippen molar-refractivity contribution in [2.75, 3.05) is 32.7 Å². The van der Waals surface area contributed by atoms with Gasteiger partial charge in [-0.3, -0.25) is 9.69 Å². The Morgan fingerprint density at radius 3 is 2.41 bits per heavy atom. The van der Waals surface area contributed by atoms with Crippen LogP contribution in [-0.4, -0.2) is 52.9 Å². The summed E-state index contributed by atoms with van der Waals surface area (Å²) in [5.41, 5.74) is 7.08. The van der Waals surface area contributed by atoms with E-state index < -0.39 is 0 Å². The van der Waals surface area contributed by atoms with Gasteiger partial charge in [-0.05, 0) is 130 Å². The molecule has 0 saturated carbocycles. The SMILES string of the molecule is N#Cc1ccc2c(ccn2CCCN2CCC(c3ccc4c(c3)CC(CC3CCN(Cc5ccccc5)CC3)C4=O)CC2)c1. The second kappa shape index (κ2) is 13.1. The van der Waals surface area contributed by atoms with E-state index in [0.717, 1.165) is 81.6 Å². The summed E-state index contributed by atoms with van der Waals surface area (Å²) in [5.74, 6) is 1.84. The van der Waals surface area contributed by atoms with Crippen molar-refractivity contribution in [3.8, 4) is 6.07 Å². The molecule has 3 aliphatic rings. The lowest BCUT2D eigenvalue weighted by molar-refractivity contribution is 0.0895. The van der Waals surface area contributed by atoms with E-state index >= 15 is 0 Å². The van der Waals surface area contributed by atoms with E-state index in [1.54, 1.807) is 0 Å². The molecule has 5 heteroatoms. The van der Waals surface area contributed by atoms with Crippen LogP contribution in [0.15, 0.2) is 79.0 Å². The van der Waals surface area contributed by atoms with E-state index in [2.05, 4.69) is 87.3 Å². The molecule has 2 aliphatic heterocycles. The molecule has 0 amide bonds. The predicted molar refractivity (Wildman–Crippen MR) is 177 cm³/mol. The minimum absolute atomic E-state index is 0.179. The molecular formula is C39H44N4O. The number of Topliss-reactive ketones (excluding diaryl/α,β-unsaturated/α-hetero) is 1. The molecule has 0 bridgehead atoms. The van der Waals surface area contributed by atoms with Gasteiger partial charge in [0.25, 0.3) is 0 Å². The van der Waals surface area contributed by atoms with Crippen molar-refractivity contribution in [1.82, 2.24) is 14.4 Å². The molecule has 1 atom stereocenters. The smallest absolute Gasteiger partial charge is 0.166 e. The molecular weight excluding hydrogens is 540 g/mol. The zero-order valence-corrected chi connectivity index (χ0v) is 25.8. The number of aryl methyl sites for hydroxylation is 1. The largest absolute Gasteiger partial charge is 0.347 e. The molecule has 4 aromatic rings. The van der Waals surface area contributed by atoms with Gasteiger partial charge in [0.2, 0.25) is 0 Å². The molecule has 226 valence electrons. The normalized spacial score (nSPS) is 20.2. The molecule has 3 aromatic carbocycles. The molecule has 0 N–H and O–H groups in total. The Morgan fingerprint density at radius 2 is 1.61 bits per heavy atom. The zero-order valence-electron chi connectivity index (χ0n) is 25.8. The third kappa shape index (κ3) is 6.39. The van der Waals surface area contributed by atoms with Gasteiger partial charge >= 0.3 is 0 Å². The molecule has 7 rings (SSSR count). The number of benzene rings is 3. The van der Waals surface area contributed by atoms with Crippen LogP contribution in [0.3, 0.4) is 0 Å². The van der Waals surface area contributed by atoms with Crippen LogP contribution in [0.1, 0.15) is 77.1 Å². The van der Waals surface area contributed by atoms with Crippen LogP contribution in [0.5, 0.6) is 0 Å². The number of rotatable bonds is 9. The van der Waals surface area contributed by atoms with Crippen molar-refractivity contribution in [3.05, 3.63) is 107 Å². The van der Waals surface area contributed by atoms with Gasteiger partial charge in [-0.1, -0.05) is 48.5 Å². The summed E-state index contributed by atoms with van der Waals surface area (Å²) in [6.07, 6.45) is 10.1. The number of hydrogen-bond acceptors (Lipinski definition) is 4. The van der Waals surface area contributed by atoms with E-state index in [9.17, 15) is 4.79 Å². The molecule has 2 fully saturated rings. The number of ketones is 1. The van der Waals surface area contributed by atoms with Crippen molar-refractivity contribution in [2.24, 2.45) is 11.8 Å². The highest BCUT2D eigenvalue weighted by atomic mass is 16.1. The molecule has 2 saturated heterocycles. The number of carbonyl (C=O) groups is 1. The van der Waals surface area contributed by atoms with Crippen LogP contribution in [0.2, 0.25) is 0 Å². The molecule has 5 nitrogen and oxygen atoms in total. The van der Waals surface area contributed by atoms with Gasteiger partial charge in [-0.2, -0.15) is 5.26 Å². The van der Waals surface area contributed by atoms with Crippen molar-refractivity contribution in [3.63, 3.8) is 0 Å². The average molecular weight is 585 g/mol. The number of nitrogens with zero attached hydrogens (tertiary/aromatic N) is 4. The number of aromatic nitrogens is 1. The van der Waals surface area contributed by atoms with Crippen LogP contribution >= 0.6 is 0 Å². The highest BCUT2D eigenvalue weighted by Gasteiger charge is 2.34. The number of fused-ring (bicyclic) bond motifs is 2. The summed E-state index contributed by atoms with van der Waals surface area (Å²) in [7, 11) is 0. The Balaban J connectivity index is 0.864. The summed E-state index contributed by atoms with van der Waals surface area (Å²) in [6, 6.07) is 27.9. The average Bonchev–Trinajstić information content (AvgIpc) is 3.61. The highest BCUT2D eigenvalue weighted by Crippen LogP contribution is 2.37. The topological polar surface area (TPSA) is 52.3 Å². The third-order valence-electron chi connectivity index (χ3n) is 10.6. The maximum Gasteiger partial charge on any atom is 0.166 e. The Kier molecular flexibility index (Phi) is 8.64. The first-order chi connectivity index (χ1) is 21.6. The number of carbonyl (C=O) groups excluding carboxylic acids is 1. The fourth-order valence-electron chi connectivity index (χ4n) is 8.09. The summed E-state index contributed by atoms with van der Waals surface area (Å²) < 4.78 is 2.32. The maximum atomic E-state index is 13.4. The predicted octanol–water partition coefficient (Wildman–Crippen LogP) is 7.44. The molecule has 3 heterocycles. The lowest BCUT2D eigenvalue weighted by Crippen LogP contribution is -2.34. The van der Waals surface area contributed by atoms with E-state index in [0.29, 0.717) is 17.6 Å². The van der Waals surface area contributed by atoms with Crippen molar-refractivity contribution in [2.45, 2.75) is 64.0 Å². The molecule has 0 radical (unpaired) electrons.